The first-order valence-electron chi connectivity index (χ1n) is 6.21. The second-order valence-electron chi connectivity index (χ2n) is 4.53. The fraction of sp³-hybridized carbons (Fsp3) is 0.462. The number of halogens is 2. The molecule has 112 valence electrons. The summed E-state index contributed by atoms with van der Waals surface area (Å²) >= 11 is 11.3. The summed E-state index contributed by atoms with van der Waals surface area (Å²) in [6.45, 7) is 0.477. The number of carboxylic acids is 1. The molecule has 0 aliphatic heterocycles. The van der Waals surface area contributed by atoms with Crippen molar-refractivity contribution in [3.63, 3.8) is 0 Å². The summed E-state index contributed by atoms with van der Waals surface area (Å²) in [5.74, 6) is -0.565. The summed E-state index contributed by atoms with van der Waals surface area (Å²) in [7, 11) is 0. The monoisotopic (exact) mass is 320 g/mol. The Hall–Kier alpha value is -0.850. The molecule has 0 fully saturated rings. The highest BCUT2D eigenvalue weighted by molar-refractivity contribution is 6.18. The van der Waals surface area contributed by atoms with Crippen molar-refractivity contribution < 1.29 is 9.90 Å². The summed E-state index contributed by atoms with van der Waals surface area (Å²) in [5.41, 5.74) is 6.79. The van der Waals surface area contributed by atoms with Crippen molar-refractivity contribution in [2.45, 2.75) is 12.5 Å². The Morgan fingerprint density at radius 3 is 2.15 bits per heavy atom. The second-order valence-corrected chi connectivity index (χ2v) is 5.29. The normalized spacial score (nSPS) is 13.2. The molecule has 0 aliphatic rings. The summed E-state index contributed by atoms with van der Waals surface area (Å²) < 4.78 is -0.585. The van der Waals surface area contributed by atoms with Gasteiger partial charge in [-0.1, -0.05) is 12.1 Å². The van der Waals surface area contributed by atoms with Crippen molar-refractivity contribution in [1.29, 1.82) is 0 Å². The van der Waals surface area contributed by atoms with Gasteiger partial charge in [-0.25, -0.2) is 0 Å². The van der Waals surface area contributed by atoms with Gasteiger partial charge in [0.15, 0.2) is 0 Å². The number of alkyl halides is 2. The van der Waals surface area contributed by atoms with E-state index >= 15 is 0 Å². The second kappa shape index (κ2) is 7.81. The lowest BCUT2D eigenvalue weighted by molar-refractivity contribution is -0.138. The van der Waals surface area contributed by atoms with Crippen LogP contribution in [0.4, 0.5) is 5.69 Å². The number of hydrogen-bond donors (Lipinski definition) is 2. The van der Waals surface area contributed by atoms with Crippen LogP contribution in [0.1, 0.15) is 5.56 Å². The average molecular weight is 321 g/mol. The standard InChI is InChI=1S/C13H18Cl2N2O3/c14-5-7-17(20,8-6-15)11-3-1-10(2-4-11)9-12(16)13(18)19/h1-4,12H,5-9,16H2,(H,18,19). The van der Waals surface area contributed by atoms with Gasteiger partial charge in [0.1, 0.15) is 11.7 Å². The minimum absolute atomic E-state index is 0.222. The van der Waals surface area contributed by atoms with Gasteiger partial charge in [0.2, 0.25) is 0 Å². The fourth-order valence-corrected chi connectivity index (χ4v) is 2.43. The zero-order chi connectivity index (χ0) is 15.2. The molecule has 0 aromatic heterocycles. The van der Waals surface area contributed by atoms with Gasteiger partial charge < -0.3 is 20.7 Å². The molecular weight excluding hydrogens is 303 g/mol. The number of nitrogens with zero attached hydrogens (tertiary/aromatic N) is 1. The quantitative estimate of drug-likeness (QED) is 0.435. The van der Waals surface area contributed by atoms with Crippen LogP contribution in [0.25, 0.3) is 0 Å². The van der Waals surface area contributed by atoms with Crippen LogP contribution in [-0.4, -0.2) is 42.0 Å². The Morgan fingerprint density at radius 2 is 1.75 bits per heavy atom. The molecule has 1 aromatic rings. The molecule has 20 heavy (non-hydrogen) atoms. The maximum atomic E-state index is 12.6. The maximum absolute atomic E-state index is 12.6. The first kappa shape index (κ1) is 17.2. The number of carboxylic acid groups (broad SMARTS) is 1. The number of rotatable bonds is 8. The van der Waals surface area contributed by atoms with Gasteiger partial charge in [0.25, 0.3) is 0 Å². The van der Waals surface area contributed by atoms with E-state index in [0.717, 1.165) is 5.56 Å². The zero-order valence-corrected chi connectivity index (χ0v) is 12.5. The molecular formula is C13H18Cl2N2O3. The van der Waals surface area contributed by atoms with Crippen molar-refractivity contribution in [3.05, 3.63) is 35.0 Å². The first-order valence-corrected chi connectivity index (χ1v) is 7.28. The van der Waals surface area contributed by atoms with Gasteiger partial charge >= 0.3 is 5.97 Å². The number of carbonyl (C=O) groups is 1. The highest BCUT2D eigenvalue weighted by atomic mass is 35.5. The summed E-state index contributed by atoms with van der Waals surface area (Å²) in [6, 6.07) is 5.83. The Balaban J connectivity index is 2.85. The molecule has 0 bridgehead atoms. The van der Waals surface area contributed by atoms with E-state index in [1.807, 2.05) is 0 Å². The van der Waals surface area contributed by atoms with Crippen LogP contribution in [-0.2, 0) is 11.2 Å². The molecule has 0 amide bonds. The van der Waals surface area contributed by atoms with Gasteiger partial charge in [-0.2, -0.15) is 0 Å². The lowest BCUT2D eigenvalue weighted by Crippen LogP contribution is -2.46. The largest absolute Gasteiger partial charge is 0.627 e. The summed E-state index contributed by atoms with van der Waals surface area (Å²) in [6.07, 6.45) is 0.222. The molecule has 0 spiro atoms. The van der Waals surface area contributed by atoms with Crippen molar-refractivity contribution in [2.75, 3.05) is 24.8 Å². The molecule has 0 saturated carbocycles. The molecule has 1 unspecified atom stereocenters. The first-order chi connectivity index (χ1) is 9.42. The number of aliphatic carboxylic acids is 1. The highest BCUT2D eigenvalue weighted by Gasteiger charge is 2.19. The molecule has 1 rings (SSSR count). The van der Waals surface area contributed by atoms with Crippen LogP contribution >= 0.6 is 23.2 Å². The van der Waals surface area contributed by atoms with E-state index < -0.39 is 16.7 Å². The van der Waals surface area contributed by atoms with Crippen LogP contribution in [0.2, 0.25) is 0 Å². The zero-order valence-electron chi connectivity index (χ0n) is 11.0. The maximum Gasteiger partial charge on any atom is 0.320 e. The van der Waals surface area contributed by atoms with E-state index in [2.05, 4.69) is 0 Å². The summed E-state index contributed by atoms with van der Waals surface area (Å²) in [5, 5.41) is 21.4. The van der Waals surface area contributed by atoms with Crippen molar-refractivity contribution >= 4 is 34.9 Å². The number of benzene rings is 1. The molecule has 1 atom stereocenters. The number of quaternary nitrogens is 1. The number of nitrogens with two attached hydrogens (primary N) is 1. The minimum Gasteiger partial charge on any atom is -0.627 e. The van der Waals surface area contributed by atoms with E-state index in [4.69, 9.17) is 34.0 Å². The molecule has 0 saturated heterocycles. The lowest BCUT2D eigenvalue weighted by atomic mass is 10.1. The van der Waals surface area contributed by atoms with E-state index in [9.17, 15) is 10.0 Å². The van der Waals surface area contributed by atoms with Gasteiger partial charge in [-0.05, 0) is 24.1 Å². The van der Waals surface area contributed by atoms with Crippen LogP contribution in [0.3, 0.4) is 0 Å². The molecule has 3 N–H and O–H groups in total. The Bertz CT molecular complexity index is 434. The van der Waals surface area contributed by atoms with Gasteiger partial charge in [-0.15, -0.1) is 23.2 Å². The molecule has 1 aromatic carbocycles. The van der Waals surface area contributed by atoms with Gasteiger partial charge in [0, 0.05) is 0 Å². The van der Waals surface area contributed by atoms with Crippen LogP contribution < -0.4 is 10.4 Å². The molecule has 7 heteroatoms. The molecule has 0 aliphatic carbocycles. The smallest absolute Gasteiger partial charge is 0.320 e. The van der Waals surface area contributed by atoms with E-state index in [1.165, 1.54) is 0 Å². The molecule has 5 nitrogen and oxygen atoms in total. The van der Waals surface area contributed by atoms with Crippen LogP contribution in [0.5, 0.6) is 0 Å². The van der Waals surface area contributed by atoms with Crippen LogP contribution in [0.15, 0.2) is 24.3 Å². The fourth-order valence-electron chi connectivity index (χ4n) is 1.89. The van der Waals surface area contributed by atoms with Crippen molar-refractivity contribution in [2.24, 2.45) is 5.73 Å². The SMILES string of the molecule is NC(Cc1ccc([N+]([O-])(CCCl)CCCl)cc1)C(=O)O. The van der Waals surface area contributed by atoms with Gasteiger partial charge in [-0.3, -0.25) is 4.79 Å². The Morgan fingerprint density at radius 1 is 1.25 bits per heavy atom. The number of hydrogen-bond acceptors (Lipinski definition) is 3. The van der Waals surface area contributed by atoms with E-state index in [1.54, 1.807) is 24.3 Å². The number of hydroxylamine groups is 2. The third-order valence-corrected chi connectivity index (χ3v) is 3.41. The topological polar surface area (TPSA) is 86.4 Å². The Kier molecular flexibility index (Phi) is 6.71. The highest BCUT2D eigenvalue weighted by Crippen LogP contribution is 2.23. The average Bonchev–Trinajstić information content (AvgIpc) is 2.39. The summed E-state index contributed by atoms with van der Waals surface area (Å²) in [4.78, 5) is 10.7. The predicted octanol–water partition coefficient (Wildman–Crippen LogP) is 1.92. The van der Waals surface area contributed by atoms with E-state index in [0.29, 0.717) is 5.69 Å². The van der Waals surface area contributed by atoms with Crippen molar-refractivity contribution in [3.8, 4) is 0 Å². The lowest BCUT2D eigenvalue weighted by Gasteiger charge is -2.41. The minimum atomic E-state index is -1.05. The van der Waals surface area contributed by atoms with E-state index in [-0.39, 0.29) is 31.3 Å². The third kappa shape index (κ3) is 4.61. The predicted molar refractivity (Wildman–Crippen MR) is 82.1 cm³/mol. The molecule has 0 heterocycles. The third-order valence-electron chi connectivity index (χ3n) is 3.07. The van der Waals surface area contributed by atoms with Crippen molar-refractivity contribution in [1.82, 2.24) is 4.65 Å². The molecule has 0 radical (unpaired) electrons. The van der Waals surface area contributed by atoms with Crippen LogP contribution in [0, 0.1) is 5.21 Å². The van der Waals surface area contributed by atoms with Gasteiger partial charge in [0.05, 0.1) is 24.8 Å². The Labute approximate surface area is 128 Å².